The van der Waals surface area contributed by atoms with Gasteiger partial charge < -0.3 is 20.7 Å². The van der Waals surface area contributed by atoms with Gasteiger partial charge in [-0.25, -0.2) is 18.0 Å². The predicted molar refractivity (Wildman–Crippen MR) is 95.8 cm³/mol. The average molecular weight is 420 g/mol. The molecular weight excluding hydrogens is 399 g/mol. The second-order valence-electron chi connectivity index (χ2n) is 7.03. The Morgan fingerprint density at radius 2 is 2.07 bits per heavy atom. The minimum atomic E-state index is -2.66. The van der Waals surface area contributed by atoms with Crippen molar-refractivity contribution in [3.63, 3.8) is 0 Å². The number of carbonyl (C=O) groups excluding carboxylic acids is 2. The zero-order chi connectivity index (χ0) is 20.3. The number of hydrogen-bond donors (Lipinski definition) is 3. The number of carbonyl (C=O) groups is 2. The van der Waals surface area contributed by atoms with Crippen LogP contribution in [0.2, 0.25) is 5.02 Å². The first-order chi connectivity index (χ1) is 13.2. The minimum Gasteiger partial charge on any atom is -0.376 e. The molecule has 154 valence electrons. The topological polar surface area (TPSA) is 79.5 Å². The fourth-order valence-electron chi connectivity index (χ4n) is 3.25. The van der Waals surface area contributed by atoms with Crippen molar-refractivity contribution in [2.75, 3.05) is 13.2 Å². The Balaban J connectivity index is 1.66. The fraction of sp³-hybridized carbons (Fsp3) is 0.556. The molecule has 0 bridgehead atoms. The van der Waals surface area contributed by atoms with Crippen LogP contribution in [-0.4, -0.2) is 43.2 Å². The normalized spacial score (nSPS) is 23.0. The highest BCUT2D eigenvalue weighted by Gasteiger charge is 2.36. The summed E-state index contributed by atoms with van der Waals surface area (Å²) in [5.41, 5.74) is 0.512. The summed E-state index contributed by atoms with van der Waals surface area (Å²) in [7, 11) is 0. The van der Waals surface area contributed by atoms with Crippen molar-refractivity contribution in [1.29, 1.82) is 0 Å². The third-order valence-electron chi connectivity index (χ3n) is 4.91. The highest BCUT2D eigenvalue weighted by Crippen LogP contribution is 2.34. The molecule has 28 heavy (non-hydrogen) atoms. The first kappa shape index (κ1) is 20.7. The molecule has 2 atom stereocenters. The number of urea groups is 1. The van der Waals surface area contributed by atoms with Crippen LogP contribution in [0.25, 0.3) is 0 Å². The van der Waals surface area contributed by atoms with Gasteiger partial charge in [-0.2, -0.15) is 0 Å². The maximum atomic E-state index is 13.5. The van der Waals surface area contributed by atoms with E-state index < -0.39 is 35.8 Å². The van der Waals surface area contributed by atoms with Crippen LogP contribution in [0.4, 0.5) is 18.0 Å². The van der Waals surface area contributed by atoms with Gasteiger partial charge in [-0.15, -0.1) is 0 Å². The third-order valence-corrected chi connectivity index (χ3v) is 5.20. The summed E-state index contributed by atoms with van der Waals surface area (Å²) in [6.45, 7) is 0.151. The van der Waals surface area contributed by atoms with Gasteiger partial charge in [0.2, 0.25) is 11.8 Å². The Morgan fingerprint density at radius 3 is 2.68 bits per heavy atom. The molecule has 3 N–H and O–H groups in total. The van der Waals surface area contributed by atoms with Crippen LogP contribution in [0.5, 0.6) is 0 Å². The van der Waals surface area contributed by atoms with E-state index in [0.29, 0.717) is 5.56 Å². The molecular formula is C18H21ClF3N3O3. The number of rotatable bonds is 6. The van der Waals surface area contributed by atoms with Crippen LogP contribution in [0, 0.1) is 5.82 Å². The summed E-state index contributed by atoms with van der Waals surface area (Å²) in [6, 6.07) is 2.16. The summed E-state index contributed by atoms with van der Waals surface area (Å²) in [4.78, 5) is 23.7. The van der Waals surface area contributed by atoms with E-state index in [1.165, 1.54) is 18.2 Å². The Kier molecular flexibility index (Phi) is 6.34. The SMILES string of the molecule is O=C1NC[C@@H](C(=O)NC(COC2CCC(F)(F)CC2)c2ccc(F)c(Cl)c2)N1. The number of alkyl halides is 2. The second-order valence-corrected chi connectivity index (χ2v) is 7.44. The zero-order valence-electron chi connectivity index (χ0n) is 14.9. The Labute approximate surface area is 165 Å². The van der Waals surface area contributed by atoms with E-state index in [-0.39, 0.29) is 50.0 Å². The number of nitrogens with one attached hydrogen (secondary N) is 3. The van der Waals surface area contributed by atoms with Crippen molar-refractivity contribution in [2.45, 2.75) is 49.8 Å². The van der Waals surface area contributed by atoms with Crippen LogP contribution in [0.1, 0.15) is 37.3 Å². The lowest BCUT2D eigenvalue weighted by Gasteiger charge is -2.30. The first-order valence-corrected chi connectivity index (χ1v) is 9.40. The first-order valence-electron chi connectivity index (χ1n) is 9.02. The van der Waals surface area contributed by atoms with E-state index in [4.69, 9.17) is 16.3 Å². The zero-order valence-corrected chi connectivity index (χ0v) is 15.7. The van der Waals surface area contributed by atoms with E-state index in [0.717, 1.165) is 0 Å². The summed E-state index contributed by atoms with van der Waals surface area (Å²) >= 11 is 5.84. The van der Waals surface area contributed by atoms with Crippen molar-refractivity contribution in [3.8, 4) is 0 Å². The number of benzene rings is 1. The van der Waals surface area contributed by atoms with Gasteiger partial charge in [0.25, 0.3) is 0 Å². The largest absolute Gasteiger partial charge is 0.376 e. The van der Waals surface area contributed by atoms with Crippen molar-refractivity contribution in [3.05, 3.63) is 34.6 Å². The lowest BCUT2D eigenvalue weighted by molar-refractivity contribution is -0.124. The molecule has 1 saturated heterocycles. The molecule has 10 heteroatoms. The van der Waals surface area contributed by atoms with Crippen molar-refractivity contribution in [1.82, 2.24) is 16.0 Å². The third kappa shape index (κ3) is 5.29. The molecule has 2 fully saturated rings. The van der Waals surface area contributed by atoms with Gasteiger partial charge in [-0.05, 0) is 30.5 Å². The highest BCUT2D eigenvalue weighted by molar-refractivity contribution is 6.30. The van der Waals surface area contributed by atoms with Gasteiger partial charge in [0.15, 0.2) is 0 Å². The minimum absolute atomic E-state index is 0.0119. The predicted octanol–water partition coefficient (Wildman–Crippen LogP) is 2.91. The van der Waals surface area contributed by atoms with Crippen LogP contribution in [0.3, 0.4) is 0 Å². The lowest BCUT2D eigenvalue weighted by atomic mass is 9.94. The van der Waals surface area contributed by atoms with Gasteiger partial charge >= 0.3 is 6.03 Å². The molecule has 1 unspecified atom stereocenters. The van der Waals surface area contributed by atoms with Crippen LogP contribution in [0.15, 0.2) is 18.2 Å². The highest BCUT2D eigenvalue weighted by atomic mass is 35.5. The lowest BCUT2D eigenvalue weighted by Crippen LogP contribution is -2.45. The monoisotopic (exact) mass is 419 g/mol. The van der Waals surface area contributed by atoms with Gasteiger partial charge in [0.05, 0.1) is 23.8 Å². The number of ether oxygens (including phenoxy) is 1. The van der Waals surface area contributed by atoms with E-state index in [1.54, 1.807) is 0 Å². The number of halogens is 4. The molecule has 0 spiro atoms. The Morgan fingerprint density at radius 1 is 1.36 bits per heavy atom. The van der Waals surface area contributed by atoms with Crippen LogP contribution >= 0.6 is 11.6 Å². The maximum Gasteiger partial charge on any atom is 0.315 e. The molecule has 1 aromatic rings. The molecule has 1 aliphatic carbocycles. The van der Waals surface area contributed by atoms with E-state index >= 15 is 0 Å². The Hall–Kier alpha value is -2.00. The molecule has 1 heterocycles. The second kappa shape index (κ2) is 8.57. The summed E-state index contributed by atoms with van der Waals surface area (Å²) in [6.07, 6.45) is -0.378. The van der Waals surface area contributed by atoms with Gasteiger partial charge in [-0.1, -0.05) is 17.7 Å². The molecule has 2 aliphatic rings. The summed E-state index contributed by atoms with van der Waals surface area (Å²) in [5.74, 6) is -3.70. The molecule has 3 amide bonds. The van der Waals surface area contributed by atoms with Gasteiger partial charge in [-0.3, -0.25) is 4.79 Å². The smallest absolute Gasteiger partial charge is 0.315 e. The van der Waals surface area contributed by atoms with E-state index in [1.807, 2.05) is 0 Å². The van der Waals surface area contributed by atoms with E-state index in [2.05, 4.69) is 16.0 Å². The average Bonchev–Trinajstić information content (AvgIpc) is 3.08. The van der Waals surface area contributed by atoms with Crippen LogP contribution in [-0.2, 0) is 9.53 Å². The van der Waals surface area contributed by atoms with E-state index in [9.17, 15) is 22.8 Å². The molecule has 3 rings (SSSR count). The molecule has 1 aliphatic heterocycles. The van der Waals surface area contributed by atoms with Gasteiger partial charge in [0.1, 0.15) is 11.9 Å². The number of amides is 3. The molecule has 1 aromatic carbocycles. The standard InChI is InChI=1S/C18H21ClF3N3O3/c19-12-7-10(1-2-13(12)20)15(24-16(26)14-8-23-17(27)25-14)9-28-11-3-5-18(21,22)6-4-11/h1-2,7,11,14-15H,3-6,8-9H2,(H,24,26)(H2,23,25,27)/t14-,15?/m0/s1. The maximum absolute atomic E-state index is 13.5. The van der Waals surface area contributed by atoms with Crippen molar-refractivity contribution >= 4 is 23.5 Å². The summed E-state index contributed by atoms with van der Waals surface area (Å²) < 4.78 is 45.8. The molecule has 0 aromatic heterocycles. The number of hydrogen-bond acceptors (Lipinski definition) is 3. The van der Waals surface area contributed by atoms with Crippen molar-refractivity contribution in [2.24, 2.45) is 0 Å². The van der Waals surface area contributed by atoms with Crippen molar-refractivity contribution < 1.29 is 27.5 Å². The molecule has 1 saturated carbocycles. The van der Waals surface area contributed by atoms with Gasteiger partial charge in [0, 0.05) is 19.4 Å². The molecule has 6 nitrogen and oxygen atoms in total. The fourth-order valence-corrected chi connectivity index (χ4v) is 3.44. The summed E-state index contributed by atoms with van der Waals surface area (Å²) in [5, 5.41) is 7.60. The Bertz CT molecular complexity index is 740. The molecule has 0 radical (unpaired) electrons. The quantitative estimate of drug-likeness (QED) is 0.663. The van der Waals surface area contributed by atoms with Crippen LogP contribution < -0.4 is 16.0 Å².